The average Bonchev–Trinajstić information content (AvgIpc) is 3.23. The fraction of sp³-hybridized carbons (Fsp3) is 0.391. The molecule has 11 heteroatoms. The fourth-order valence-electron chi connectivity index (χ4n) is 3.45. The number of ether oxygens (including phenoxy) is 2. The van der Waals surface area contributed by atoms with E-state index in [0.29, 0.717) is 22.1 Å². The molecule has 0 bridgehead atoms. The summed E-state index contributed by atoms with van der Waals surface area (Å²) in [6.07, 6.45) is 1.01. The minimum Gasteiger partial charge on any atom is -0.454 e. The van der Waals surface area contributed by atoms with E-state index < -0.39 is 28.5 Å². The van der Waals surface area contributed by atoms with Crippen LogP contribution in [0.1, 0.15) is 26.3 Å². The van der Waals surface area contributed by atoms with Gasteiger partial charge in [0, 0.05) is 23.7 Å². The monoisotopic (exact) mass is 509 g/mol. The van der Waals surface area contributed by atoms with Gasteiger partial charge in [0.2, 0.25) is 28.6 Å². The van der Waals surface area contributed by atoms with Crippen LogP contribution in [0.3, 0.4) is 0 Å². The van der Waals surface area contributed by atoms with Crippen LogP contribution in [0.15, 0.2) is 42.5 Å². The number of fused-ring (bicyclic) bond motifs is 1. The van der Waals surface area contributed by atoms with Crippen molar-refractivity contribution in [3.8, 4) is 11.5 Å². The van der Waals surface area contributed by atoms with Gasteiger partial charge < -0.3 is 19.7 Å². The number of anilines is 1. The van der Waals surface area contributed by atoms with Crippen molar-refractivity contribution in [2.24, 2.45) is 0 Å². The van der Waals surface area contributed by atoms with Crippen LogP contribution in [-0.2, 0) is 26.2 Å². The summed E-state index contributed by atoms with van der Waals surface area (Å²) < 4.78 is 36.9. The van der Waals surface area contributed by atoms with Crippen molar-refractivity contribution in [2.75, 3.05) is 23.9 Å². The summed E-state index contributed by atoms with van der Waals surface area (Å²) in [5, 5.41) is 3.23. The lowest BCUT2D eigenvalue weighted by molar-refractivity contribution is -0.139. The van der Waals surface area contributed by atoms with E-state index >= 15 is 0 Å². The van der Waals surface area contributed by atoms with Gasteiger partial charge >= 0.3 is 0 Å². The Hall–Kier alpha value is -2.98. The van der Waals surface area contributed by atoms with Crippen LogP contribution in [0.4, 0.5) is 5.69 Å². The van der Waals surface area contributed by atoms with E-state index in [1.807, 2.05) is 13.8 Å². The molecule has 9 nitrogen and oxygen atoms in total. The van der Waals surface area contributed by atoms with Gasteiger partial charge in [-0.1, -0.05) is 29.8 Å². The predicted octanol–water partition coefficient (Wildman–Crippen LogP) is 2.78. The predicted molar refractivity (Wildman–Crippen MR) is 129 cm³/mol. The molecule has 2 aromatic rings. The lowest BCUT2D eigenvalue weighted by Crippen LogP contribution is -2.52. The molecule has 3 rings (SSSR count). The van der Waals surface area contributed by atoms with Gasteiger partial charge in [-0.25, -0.2) is 8.42 Å². The Morgan fingerprint density at radius 3 is 2.41 bits per heavy atom. The van der Waals surface area contributed by atoms with Crippen LogP contribution in [-0.4, -0.2) is 56.8 Å². The van der Waals surface area contributed by atoms with Crippen molar-refractivity contribution in [3.05, 3.63) is 53.1 Å². The summed E-state index contributed by atoms with van der Waals surface area (Å²) in [4.78, 5) is 27.6. The SMILES string of the molecule is CC(C)NC(=O)[C@H](C)N(Cc1ccccc1Cl)C(=O)CN(c1ccc2c(c1)OCO2)S(C)(=O)=O. The first kappa shape index (κ1) is 25.6. The Bertz CT molecular complexity index is 1170. The Morgan fingerprint density at radius 1 is 1.09 bits per heavy atom. The number of nitrogens with one attached hydrogen (secondary N) is 1. The second kappa shape index (κ2) is 10.5. The number of rotatable bonds is 9. The second-order valence-electron chi connectivity index (χ2n) is 8.26. The first-order valence-electron chi connectivity index (χ1n) is 10.7. The van der Waals surface area contributed by atoms with E-state index in [1.54, 1.807) is 37.3 Å². The number of carbonyl (C=O) groups excluding carboxylic acids is 2. The van der Waals surface area contributed by atoms with Gasteiger partial charge in [0.15, 0.2) is 11.5 Å². The van der Waals surface area contributed by atoms with Gasteiger partial charge in [0.1, 0.15) is 12.6 Å². The van der Waals surface area contributed by atoms with E-state index in [2.05, 4.69) is 5.32 Å². The van der Waals surface area contributed by atoms with Crippen molar-refractivity contribution >= 4 is 39.1 Å². The molecule has 2 amide bonds. The quantitative estimate of drug-likeness (QED) is 0.557. The normalized spacial score (nSPS) is 13.5. The molecule has 0 fully saturated rings. The molecule has 1 atom stereocenters. The standard InChI is InChI=1S/C23H28ClN3O6S/c1-15(2)25-23(29)16(3)26(12-17-7-5-6-8-19(17)24)22(28)13-27(34(4,30)31)18-9-10-20-21(11-18)33-14-32-20/h5-11,15-16H,12-14H2,1-4H3,(H,25,29)/t16-/m0/s1. The minimum atomic E-state index is -3.85. The first-order valence-corrected chi connectivity index (χ1v) is 12.9. The number of sulfonamides is 1. The Labute approximate surface area is 204 Å². The smallest absolute Gasteiger partial charge is 0.244 e. The summed E-state index contributed by atoms with van der Waals surface area (Å²) in [5.74, 6) is -0.0436. The molecular weight excluding hydrogens is 482 g/mol. The molecule has 0 radical (unpaired) electrons. The highest BCUT2D eigenvalue weighted by atomic mass is 35.5. The Kier molecular flexibility index (Phi) is 7.93. The van der Waals surface area contributed by atoms with Crippen molar-refractivity contribution in [2.45, 2.75) is 39.4 Å². The van der Waals surface area contributed by atoms with Crippen LogP contribution < -0.4 is 19.1 Å². The van der Waals surface area contributed by atoms with E-state index in [-0.39, 0.29) is 31.0 Å². The molecule has 2 aromatic carbocycles. The third kappa shape index (κ3) is 6.12. The van der Waals surface area contributed by atoms with E-state index in [0.717, 1.165) is 10.6 Å². The van der Waals surface area contributed by atoms with Gasteiger partial charge in [-0.2, -0.15) is 0 Å². The molecular formula is C23H28ClN3O6S. The average molecular weight is 510 g/mol. The zero-order chi connectivity index (χ0) is 25.0. The van der Waals surface area contributed by atoms with Gasteiger partial charge in [-0.15, -0.1) is 0 Å². The van der Waals surface area contributed by atoms with Crippen LogP contribution in [0, 0.1) is 0 Å². The summed E-state index contributed by atoms with van der Waals surface area (Å²) in [5.41, 5.74) is 0.882. The highest BCUT2D eigenvalue weighted by molar-refractivity contribution is 7.92. The fourth-order valence-corrected chi connectivity index (χ4v) is 4.49. The number of hydrogen-bond acceptors (Lipinski definition) is 6. The molecule has 1 aliphatic rings. The van der Waals surface area contributed by atoms with Crippen molar-refractivity contribution in [3.63, 3.8) is 0 Å². The lowest BCUT2D eigenvalue weighted by atomic mass is 10.1. The number of hydrogen-bond donors (Lipinski definition) is 1. The maximum atomic E-state index is 13.5. The minimum absolute atomic E-state index is 0.0317. The largest absolute Gasteiger partial charge is 0.454 e. The zero-order valence-corrected chi connectivity index (χ0v) is 21.0. The Morgan fingerprint density at radius 2 is 1.76 bits per heavy atom. The van der Waals surface area contributed by atoms with Gasteiger partial charge in [0.05, 0.1) is 11.9 Å². The van der Waals surface area contributed by atoms with Gasteiger partial charge in [-0.3, -0.25) is 13.9 Å². The topological polar surface area (TPSA) is 105 Å². The number of amides is 2. The molecule has 184 valence electrons. The number of nitrogens with zero attached hydrogens (tertiary/aromatic N) is 2. The maximum Gasteiger partial charge on any atom is 0.244 e. The van der Waals surface area contributed by atoms with E-state index in [9.17, 15) is 18.0 Å². The van der Waals surface area contributed by atoms with Crippen LogP contribution >= 0.6 is 11.6 Å². The molecule has 1 N–H and O–H groups in total. The Balaban J connectivity index is 1.92. The van der Waals surface area contributed by atoms with E-state index in [4.69, 9.17) is 21.1 Å². The summed E-state index contributed by atoms with van der Waals surface area (Å²) >= 11 is 6.30. The molecule has 0 aromatic heterocycles. The molecule has 1 heterocycles. The maximum absolute atomic E-state index is 13.5. The molecule has 0 saturated heterocycles. The van der Waals surface area contributed by atoms with Crippen molar-refractivity contribution < 1.29 is 27.5 Å². The van der Waals surface area contributed by atoms with Gasteiger partial charge in [0.25, 0.3) is 0 Å². The van der Waals surface area contributed by atoms with Crippen LogP contribution in [0.25, 0.3) is 0 Å². The highest BCUT2D eigenvalue weighted by Crippen LogP contribution is 2.36. The summed E-state index contributed by atoms with van der Waals surface area (Å²) in [7, 11) is -3.85. The molecule has 34 heavy (non-hydrogen) atoms. The van der Waals surface area contributed by atoms with Gasteiger partial charge in [-0.05, 0) is 44.5 Å². The third-order valence-corrected chi connectivity index (χ3v) is 6.73. The van der Waals surface area contributed by atoms with E-state index in [1.165, 1.54) is 17.0 Å². The molecule has 0 aliphatic carbocycles. The number of carbonyl (C=O) groups is 2. The van der Waals surface area contributed by atoms with Crippen molar-refractivity contribution in [1.29, 1.82) is 0 Å². The highest BCUT2D eigenvalue weighted by Gasteiger charge is 2.31. The van der Waals surface area contributed by atoms with Crippen LogP contribution in [0.2, 0.25) is 5.02 Å². The number of benzene rings is 2. The summed E-state index contributed by atoms with van der Waals surface area (Å²) in [6.45, 7) is 4.78. The zero-order valence-electron chi connectivity index (χ0n) is 19.4. The van der Waals surface area contributed by atoms with Crippen LogP contribution in [0.5, 0.6) is 11.5 Å². The second-order valence-corrected chi connectivity index (χ2v) is 10.6. The summed E-state index contributed by atoms with van der Waals surface area (Å²) in [6, 6.07) is 10.6. The molecule has 0 spiro atoms. The number of halogens is 1. The third-order valence-electron chi connectivity index (χ3n) is 5.22. The molecule has 1 aliphatic heterocycles. The van der Waals surface area contributed by atoms with Crippen molar-refractivity contribution in [1.82, 2.24) is 10.2 Å². The lowest BCUT2D eigenvalue weighted by Gasteiger charge is -2.32. The first-order chi connectivity index (χ1) is 16.0. The molecule has 0 unspecified atom stereocenters. The molecule has 0 saturated carbocycles.